The van der Waals surface area contributed by atoms with E-state index >= 15 is 0 Å². The van der Waals surface area contributed by atoms with Crippen molar-refractivity contribution < 1.29 is 0 Å². The Kier molecular flexibility index (Phi) is 3.27. The Hall–Kier alpha value is -1.32. The quantitative estimate of drug-likeness (QED) is 0.800. The number of halogens is 1. The zero-order valence-electron chi connectivity index (χ0n) is 8.48. The van der Waals surface area contributed by atoms with E-state index in [1.54, 1.807) is 17.8 Å². The van der Waals surface area contributed by atoms with Gasteiger partial charge in [-0.25, -0.2) is 0 Å². The Balaban J connectivity index is 2.24. The first-order chi connectivity index (χ1) is 7.65. The lowest BCUT2D eigenvalue weighted by molar-refractivity contribution is 1.41. The van der Waals surface area contributed by atoms with Gasteiger partial charge in [0.25, 0.3) is 0 Å². The summed E-state index contributed by atoms with van der Waals surface area (Å²) < 4.78 is 0. The summed E-state index contributed by atoms with van der Waals surface area (Å²) in [6.07, 6.45) is 0. The molecule has 2 rings (SSSR count). The second kappa shape index (κ2) is 4.68. The van der Waals surface area contributed by atoms with E-state index in [1.165, 1.54) is 0 Å². The van der Waals surface area contributed by atoms with Crippen LogP contribution in [0, 0.1) is 0 Å². The van der Waals surface area contributed by atoms with Crippen molar-refractivity contribution >= 4 is 34.7 Å². The second-order valence-electron chi connectivity index (χ2n) is 3.36. The number of nitrogens with two attached hydrogens (primary N) is 2. The monoisotopic (exact) mass is 250 g/mol. The summed E-state index contributed by atoms with van der Waals surface area (Å²) in [5, 5.41) is 0.578. The van der Waals surface area contributed by atoms with E-state index in [2.05, 4.69) is 0 Å². The molecule has 16 heavy (non-hydrogen) atoms. The Labute approximate surface area is 104 Å². The van der Waals surface area contributed by atoms with E-state index in [-0.39, 0.29) is 0 Å². The normalized spacial score (nSPS) is 10.3. The van der Waals surface area contributed by atoms with Crippen molar-refractivity contribution in [3.05, 3.63) is 47.5 Å². The summed E-state index contributed by atoms with van der Waals surface area (Å²) in [7, 11) is 0. The molecule has 2 nitrogen and oxygen atoms in total. The number of benzene rings is 2. The van der Waals surface area contributed by atoms with Crippen molar-refractivity contribution in [3.63, 3.8) is 0 Å². The zero-order valence-corrected chi connectivity index (χ0v) is 10.1. The lowest BCUT2D eigenvalue weighted by atomic mass is 10.3. The fourth-order valence-electron chi connectivity index (χ4n) is 1.29. The molecule has 0 radical (unpaired) electrons. The average Bonchev–Trinajstić information content (AvgIpc) is 2.24. The minimum absolute atomic E-state index is 0.578. The molecule has 2 aromatic rings. The largest absolute Gasteiger partial charge is 0.399 e. The van der Waals surface area contributed by atoms with Gasteiger partial charge >= 0.3 is 0 Å². The molecule has 0 saturated heterocycles. The predicted molar refractivity (Wildman–Crippen MR) is 70.8 cm³/mol. The van der Waals surface area contributed by atoms with E-state index in [9.17, 15) is 0 Å². The van der Waals surface area contributed by atoms with Crippen LogP contribution in [0.2, 0.25) is 5.02 Å². The van der Waals surface area contributed by atoms with Crippen molar-refractivity contribution in [1.29, 1.82) is 0 Å². The van der Waals surface area contributed by atoms with Crippen LogP contribution in [0.3, 0.4) is 0 Å². The fourth-order valence-corrected chi connectivity index (χ4v) is 2.46. The molecular weight excluding hydrogens is 240 g/mol. The number of anilines is 2. The summed E-state index contributed by atoms with van der Waals surface area (Å²) in [6, 6.07) is 13.3. The van der Waals surface area contributed by atoms with Crippen LogP contribution in [0.4, 0.5) is 11.4 Å². The molecule has 4 N–H and O–H groups in total. The molecule has 82 valence electrons. The van der Waals surface area contributed by atoms with Crippen LogP contribution in [0.1, 0.15) is 0 Å². The van der Waals surface area contributed by atoms with E-state index in [0.29, 0.717) is 10.7 Å². The van der Waals surface area contributed by atoms with Gasteiger partial charge in [-0.3, -0.25) is 0 Å². The molecule has 0 aliphatic carbocycles. The molecular formula is C12H11ClN2S. The second-order valence-corrected chi connectivity index (χ2v) is 4.91. The highest BCUT2D eigenvalue weighted by Crippen LogP contribution is 2.32. The molecule has 0 fully saturated rings. The van der Waals surface area contributed by atoms with E-state index in [4.69, 9.17) is 23.1 Å². The number of nitrogen functional groups attached to an aromatic ring is 2. The van der Waals surface area contributed by atoms with Gasteiger partial charge in [-0.05, 0) is 36.4 Å². The molecule has 0 aliphatic heterocycles. The fraction of sp³-hybridized carbons (Fsp3) is 0. The highest BCUT2D eigenvalue weighted by Gasteiger charge is 2.01. The summed E-state index contributed by atoms with van der Waals surface area (Å²) in [6.45, 7) is 0. The summed E-state index contributed by atoms with van der Waals surface area (Å²) in [4.78, 5) is 2.13. The Morgan fingerprint density at radius 3 is 2.38 bits per heavy atom. The Morgan fingerprint density at radius 2 is 1.69 bits per heavy atom. The lowest BCUT2D eigenvalue weighted by Gasteiger charge is -2.04. The van der Waals surface area contributed by atoms with Gasteiger partial charge in [-0.2, -0.15) is 0 Å². The van der Waals surface area contributed by atoms with Gasteiger partial charge in [0, 0.05) is 15.5 Å². The van der Waals surface area contributed by atoms with Crippen LogP contribution >= 0.6 is 23.4 Å². The van der Waals surface area contributed by atoms with Gasteiger partial charge in [-0.15, -0.1) is 0 Å². The van der Waals surface area contributed by atoms with Gasteiger partial charge in [0.1, 0.15) is 0 Å². The number of hydrogen-bond donors (Lipinski definition) is 2. The molecule has 4 heteroatoms. The molecule has 0 amide bonds. The molecule has 0 bridgehead atoms. The van der Waals surface area contributed by atoms with Crippen molar-refractivity contribution in [1.82, 2.24) is 0 Å². The maximum Gasteiger partial charge on any atom is 0.0646 e. The third kappa shape index (κ3) is 2.62. The van der Waals surface area contributed by atoms with Crippen molar-refractivity contribution in [2.24, 2.45) is 0 Å². The molecule has 0 saturated carbocycles. The van der Waals surface area contributed by atoms with Gasteiger partial charge in [0.15, 0.2) is 0 Å². The molecule has 2 aromatic carbocycles. The highest BCUT2D eigenvalue weighted by atomic mass is 35.5. The highest BCUT2D eigenvalue weighted by molar-refractivity contribution is 7.99. The SMILES string of the molecule is Nc1cccc(Sc2ccc(N)c(Cl)c2)c1. The third-order valence-electron chi connectivity index (χ3n) is 2.07. The molecule has 0 spiro atoms. The predicted octanol–water partition coefficient (Wildman–Crippen LogP) is 3.66. The van der Waals surface area contributed by atoms with Gasteiger partial charge in [0.05, 0.1) is 10.7 Å². The topological polar surface area (TPSA) is 52.0 Å². The smallest absolute Gasteiger partial charge is 0.0646 e. The molecule has 0 aromatic heterocycles. The van der Waals surface area contributed by atoms with Crippen LogP contribution in [-0.4, -0.2) is 0 Å². The first kappa shape index (κ1) is 11.2. The van der Waals surface area contributed by atoms with E-state index in [0.717, 1.165) is 15.5 Å². The van der Waals surface area contributed by atoms with E-state index in [1.807, 2.05) is 36.4 Å². The number of hydrogen-bond acceptors (Lipinski definition) is 3. The van der Waals surface area contributed by atoms with Crippen molar-refractivity contribution in [2.75, 3.05) is 11.5 Å². The van der Waals surface area contributed by atoms with Gasteiger partial charge < -0.3 is 11.5 Å². The first-order valence-electron chi connectivity index (χ1n) is 4.73. The average molecular weight is 251 g/mol. The summed E-state index contributed by atoms with van der Waals surface area (Å²) >= 11 is 7.55. The zero-order chi connectivity index (χ0) is 11.5. The van der Waals surface area contributed by atoms with Crippen LogP contribution in [0.15, 0.2) is 52.3 Å². The minimum Gasteiger partial charge on any atom is -0.399 e. The van der Waals surface area contributed by atoms with Gasteiger partial charge in [0.2, 0.25) is 0 Å². The minimum atomic E-state index is 0.578. The molecule has 0 heterocycles. The molecule has 0 atom stereocenters. The van der Waals surface area contributed by atoms with Crippen molar-refractivity contribution in [3.8, 4) is 0 Å². The third-order valence-corrected chi connectivity index (χ3v) is 3.37. The first-order valence-corrected chi connectivity index (χ1v) is 5.93. The summed E-state index contributed by atoms with van der Waals surface area (Å²) in [5.41, 5.74) is 12.7. The Bertz CT molecular complexity index is 514. The lowest BCUT2D eigenvalue weighted by Crippen LogP contribution is -1.86. The number of rotatable bonds is 2. The Morgan fingerprint density at radius 1 is 0.938 bits per heavy atom. The van der Waals surface area contributed by atoms with Crippen LogP contribution in [0.25, 0.3) is 0 Å². The maximum atomic E-state index is 5.95. The maximum absolute atomic E-state index is 5.95. The van der Waals surface area contributed by atoms with Crippen LogP contribution in [-0.2, 0) is 0 Å². The van der Waals surface area contributed by atoms with Gasteiger partial charge in [-0.1, -0.05) is 29.4 Å². The standard InChI is InChI=1S/C12H11ClN2S/c13-11-7-10(4-5-12(11)15)16-9-3-1-2-8(14)6-9/h1-7H,14-15H2. The van der Waals surface area contributed by atoms with Crippen LogP contribution < -0.4 is 11.5 Å². The van der Waals surface area contributed by atoms with Crippen LogP contribution in [0.5, 0.6) is 0 Å². The molecule has 0 unspecified atom stereocenters. The van der Waals surface area contributed by atoms with E-state index < -0.39 is 0 Å². The summed E-state index contributed by atoms with van der Waals surface area (Å²) in [5.74, 6) is 0. The molecule has 0 aliphatic rings. The van der Waals surface area contributed by atoms with Crippen molar-refractivity contribution in [2.45, 2.75) is 9.79 Å².